The largest absolute Gasteiger partial charge is 0.390 e. The van der Waals surface area contributed by atoms with Gasteiger partial charge in [-0.1, -0.05) is 29.2 Å². The van der Waals surface area contributed by atoms with Crippen molar-refractivity contribution in [2.45, 2.75) is 56.9 Å². The number of benzene rings is 2. The Bertz CT molecular complexity index is 2040. The number of aryl methyl sites for hydroxylation is 1. The number of aliphatic hydroxyl groups is 2. The van der Waals surface area contributed by atoms with E-state index in [4.69, 9.17) is 11.6 Å². The highest BCUT2D eigenvalue weighted by Gasteiger charge is 2.60. The summed E-state index contributed by atoms with van der Waals surface area (Å²) in [6, 6.07) is 11.2. The van der Waals surface area contributed by atoms with Gasteiger partial charge in [0.1, 0.15) is 6.10 Å². The minimum atomic E-state index is -0.901. The van der Waals surface area contributed by atoms with Crippen molar-refractivity contribution < 1.29 is 19.5 Å². The van der Waals surface area contributed by atoms with E-state index in [1.165, 1.54) is 10.7 Å². The molecule has 0 amide bonds. The Morgan fingerprint density at radius 1 is 1.13 bits per heavy atom. The van der Waals surface area contributed by atoms with E-state index in [0.717, 1.165) is 48.2 Å². The summed E-state index contributed by atoms with van der Waals surface area (Å²) < 4.78 is 16.8. The first-order valence-electron chi connectivity index (χ1n) is 15.2. The number of nitrogens with one attached hydrogen (secondary N) is 1. The van der Waals surface area contributed by atoms with E-state index in [-0.39, 0.29) is 23.2 Å². The number of nitrogens with zero attached hydrogens (tertiary/aromatic N) is 8. The first kappa shape index (κ1) is 30.7. The molecule has 2 aliphatic rings. The maximum Gasteiger partial charge on any atom is 0.306 e. The van der Waals surface area contributed by atoms with Gasteiger partial charge in [0.05, 0.1) is 41.0 Å². The van der Waals surface area contributed by atoms with Gasteiger partial charge in [-0.15, -0.1) is 5.10 Å². The highest BCUT2D eigenvalue weighted by molar-refractivity contribution is 6.28. The first-order chi connectivity index (χ1) is 22.8. The highest BCUT2D eigenvalue weighted by atomic mass is 35.5. The molecule has 0 bridgehead atoms. The fourth-order valence-electron chi connectivity index (χ4n) is 6.28. The van der Waals surface area contributed by atoms with Crippen molar-refractivity contribution in [1.29, 1.82) is 0 Å². The molecule has 2 fully saturated rings. The van der Waals surface area contributed by atoms with E-state index in [9.17, 15) is 24.7 Å². The molecule has 2 aromatic carbocycles. The summed E-state index contributed by atoms with van der Waals surface area (Å²) >= 11 is 6.28. The summed E-state index contributed by atoms with van der Waals surface area (Å²) in [5, 5.41) is 43.4. The van der Waals surface area contributed by atoms with Crippen LogP contribution in [0, 0.1) is 39.6 Å². The fraction of sp³-hybridized carbons (Fsp3) is 0.344. The molecular formula is C32H29ClFN9O4. The zero-order valence-electron chi connectivity index (χ0n) is 24.9. The SMILES string of the molecule is O=[N+]([O-])c1cc(-n2cc(CCCCC#Cc3cccc(CNc4nc(Cl)nc5c4ncn5[C@H]4[C@H](O)[C@H](O)[C@@H]5C[C@@H]54)c3)nn2)ccc1F. The predicted molar refractivity (Wildman–Crippen MR) is 169 cm³/mol. The quantitative estimate of drug-likeness (QED) is 0.0643. The van der Waals surface area contributed by atoms with E-state index in [2.05, 4.69) is 42.4 Å². The summed E-state index contributed by atoms with van der Waals surface area (Å²) in [4.78, 5) is 23.5. The number of unbranched alkanes of at least 4 members (excludes halogenated alkanes) is 2. The van der Waals surface area contributed by atoms with Crippen molar-refractivity contribution in [3.63, 3.8) is 0 Å². The number of nitro groups is 1. The molecule has 0 aliphatic heterocycles. The van der Waals surface area contributed by atoms with Crippen LogP contribution in [-0.2, 0) is 13.0 Å². The molecule has 2 aliphatic carbocycles. The van der Waals surface area contributed by atoms with Gasteiger partial charge < -0.3 is 20.1 Å². The van der Waals surface area contributed by atoms with Gasteiger partial charge in [-0.2, -0.15) is 14.4 Å². The monoisotopic (exact) mass is 657 g/mol. The van der Waals surface area contributed by atoms with E-state index in [0.29, 0.717) is 42.1 Å². The van der Waals surface area contributed by atoms with Crippen molar-refractivity contribution in [3.05, 3.63) is 93.0 Å². The van der Waals surface area contributed by atoms with Crippen LogP contribution in [0.3, 0.4) is 0 Å². The van der Waals surface area contributed by atoms with Crippen molar-refractivity contribution in [2.75, 3.05) is 5.32 Å². The standard InChI is InChI=1S/C32H29ClFN9O4/c33-32-37-30(26-31(38-32)41(17-36-26)27-22-14-23(22)28(44)29(27)45)35-15-19-8-5-7-18(12-19)6-3-1-2-4-9-20-16-42(40-39-20)21-10-11-24(34)25(13-21)43(46)47/h5,7-8,10-13,16-17,22-23,27-29,44-45H,1-2,4,9,14-15H2,(H,35,37,38)/t22-,23+,27+,28+,29-/m0/s1. The molecular weight excluding hydrogens is 629 g/mol. The zero-order valence-corrected chi connectivity index (χ0v) is 25.6. The van der Waals surface area contributed by atoms with E-state index in [1.54, 1.807) is 12.5 Å². The van der Waals surface area contributed by atoms with Crippen LogP contribution in [0.4, 0.5) is 15.9 Å². The van der Waals surface area contributed by atoms with Gasteiger partial charge in [0.2, 0.25) is 11.1 Å². The summed E-state index contributed by atoms with van der Waals surface area (Å²) in [6.07, 6.45) is 5.58. The molecule has 0 saturated heterocycles. The molecule has 5 aromatic rings. The third-order valence-electron chi connectivity index (χ3n) is 8.72. The molecule has 240 valence electrons. The summed E-state index contributed by atoms with van der Waals surface area (Å²) in [5.41, 5.74) is 3.40. The van der Waals surface area contributed by atoms with Crippen LogP contribution in [0.5, 0.6) is 0 Å². The number of fused-ring (bicyclic) bond motifs is 2. The van der Waals surface area contributed by atoms with Gasteiger partial charge in [0.15, 0.2) is 17.0 Å². The van der Waals surface area contributed by atoms with Gasteiger partial charge in [-0.3, -0.25) is 10.1 Å². The van der Waals surface area contributed by atoms with Gasteiger partial charge in [-0.05, 0) is 78.9 Å². The lowest BCUT2D eigenvalue weighted by molar-refractivity contribution is -0.387. The average Bonchev–Trinajstić information content (AvgIpc) is 3.37. The Morgan fingerprint density at radius 3 is 2.81 bits per heavy atom. The minimum absolute atomic E-state index is 0.0607. The normalized spacial score (nSPS) is 21.3. The van der Waals surface area contributed by atoms with Gasteiger partial charge in [-0.25, -0.2) is 9.67 Å². The van der Waals surface area contributed by atoms with Crippen LogP contribution in [-0.4, -0.2) is 61.9 Å². The van der Waals surface area contributed by atoms with Crippen LogP contribution in [0.15, 0.2) is 55.0 Å². The number of nitro benzene ring substituents is 1. The highest BCUT2D eigenvalue weighted by Crippen LogP contribution is 2.58. The molecule has 0 unspecified atom stereocenters. The smallest absolute Gasteiger partial charge is 0.306 e. The Kier molecular flexibility index (Phi) is 8.27. The number of halogens is 2. The van der Waals surface area contributed by atoms with Crippen LogP contribution >= 0.6 is 11.6 Å². The summed E-state index contributed by atoms with van der Waals surface area (Å²) in [5.74, 6) is 6.31. The molecule has 3 heterocycles. The molecule has 2 saturated carbocycles. The van der Waals surface area contributed by atoms with Crippen molar-refractivity contribution >= 4 is 34.3 Å². The van der Waals surface area contributed by atoms with Crippen molar-refractivity contribution in [2.24, 2.45) is 11.8 Å². The molecule has 5 atom stereocenters. The minimum Gasteiger partial charge on any atom is -0.390 e. The Morgan fingerprint density at radius 2 is 2.00 bits per heavy atom. The number of aromatic nitrogens is 7. The summed E-state index contributed by atoms with van der Waals surface area (Å²) in [7, 11) is 0. The second-order valence-electron chi connectivity index (χ2n) is 11.8. The lowest BCUT2D eigenvalue weighted by Gasteiger charge is -2.22. The van der Waals surface area contributed by atoms with Crippen LogP contribution in [0.2, 0.25) is 5.28 Å². The fourth-order valence-corrected chi connectivity index (χ4v) is 6.45. The van der Waals surface area contributed by atoms with Crippen LogP contribution in [0.25, 0.3) is 16.9 Å². The van der Waals surface area contributed by atoms with Gasteiger partial charge in [0.25, 0.3) is 0 Å². The first-order valence-corrected chi connectivity index (χ1v) is 15.6. The van der Waals surface area contributed by atoms with E-state index < -0.39 is 28.6 Å². The maximum absolute atomic E-state index is 13.6. The molecule has 13 nitrogen and oxygen atoms in total. The second kappa shape index (κ2) is 12.7. The predicted octanol–water partition coefficient (Wildman–Crippen LogP) is 4.40. The molecule has 3 aromatic heterocycles. The topological polar surface area (TPSA) is 170 Å². The number of anilines is 1. The Hall–Kier alpha value is -4.97. The van der Waals surface area contributed by atoms with Crippen LogP contribution in [0.1, 0.15) is 48.5 Å². The van der Waals surface area contributed by atoms with Gasteiger partial charge >= 0.3 is 5.69 Å². The molecule has 0 spiro atoms. The number of rotatable bonds is 10. The van der Waals surface area contributed by atoms with Crippen LogP contribution < -0.4 is 5.32 Å². The molecule has 47 heavy (non-hydrogen) atoms. The third-order valence-corrected chi connectivity index (χ3v) is 8.89. The van der Waals surface area contributed by atoms with Crippen molar-refractivity contribution in [1.82, 2.24) is 34.5 Å². The summed E-state index contributed by atoms with van der Waals surface area (Å²) in [6.45, 7) is 0.451. The Balaban J connectivity index is 0.924. The zero-order chi connectivity index (χ0) is 32.7. The van der Waals surface area contributed by atoms with E-state index in [1.807, 2.05) is 28.8 Å². The molecule has 7 rings (SSSR count). The number of imidazole rings is 1. The third kappa shape index (κ3) is 6.25. The van der Waals surface area contributed by atoms with Crippen molar-refractivity contribution in [3.8, 4) is 17.5 Å². The van der Waals surface area contributed by atoms with E-state index >= 15 is 0 Å². The second-order valence-corrected chi connectivity index (χ2v) is 12.1. The lowest BCUT2D eigenvalue weighted by atomic mass is 10.1. The lowest BCUT2D eigenvalue weighted by Crippen LogP contribution is -2.31. The molecule has 3 N–H and O–H groups in total. The van der Waals surface area contributed by atoms with Gasteiger partial charge in [0, 0.05) is 24.6 Å². The Labute approximate surface area is 272 Å². The molecule has 0 radical (unpaired) electrons. The molecule has 15 heteroatoms. The average molecular weight is 658 g/mol. The maximum atomic E-state index is 13.6. The number of aliphatic hydroxyl groups excluding tert-OH is 2. The number of hydrogen-bond acceptors (Lipinski definition) is 10. The number of hydrogen-bond donors (Lipinski definition) is 3.